The second-order valence-electron chi connectivity index (χ2n) is 4.59. The predicted octanol–water partition coefficient (Wildman–Crippen LogP) is 4.92. The van der Waals surface area contributed by atoms with Gasteiger partial charge < -0.3 is 0 Å². The molecule has 104 valence electrons. The van der Waals surface area contributed by atoms with E-state index in [0.29, 0.717) is 23.2 Å². The molecule has 0 saturated carbocycles. The second-order valence-corrected chi connectivity index (χ2v) is 7.15. The molecule has 0 aromatic heterocycles. The molecule has 0 aliphatic rings. The van der Waals surface area contributed by atoms with Gasteiger partial charge in [-0.3, -0.25) is 4.79 Å². The van der Waals surface area contributed by atoms with E-state index in [1.807, 2.05) is 48.5 Å². The highest BCUT2D eigenvalue weighted by molar-refractivity contribution is 8.00. The Bertz CT molecular complexity index is 525. The van der Waals surface area contributed by atoms with Crippen molar-refractivity contribution in [1.29, 1.82) is 0 Å². The van der Waals surface area contributed by atoms with Gasteiger partial charge in [0.2, 0.25) is 0 Å². The molecule has 0 fully saturated rings. The molecule has 0 spiro atoms. The summed E-state index contributed by atoms with van der Waals surface area (Å²) in [6.45, 7) is 2.11. The van der Waals surface area contributed by atoms with Crippen LogP contribution < -0.4 is 0 Å². The minimum atomic E-state index is 0.315. The Balaban J connectivity index is 1.74. The van der Waals surface area contributed by atoms with Crippen LogP contribution in [0.2, 0.25) is 0 Å². The maximum Gasteiger partial charge on any atom is 0.144 e. The van der Waals surface area contributed by atoms with E-state index < -0.39 is 0 Å². The molecule has 1 nitrogen and oxygen atoms in total. The molecule has 0 bridgehead atoms. The monoisotopic (exact) mass is 302 g/mol. The lowest BCUT2D eigenvalue weighted by Crippen LogP contribution is -2.09. The van der Waals surface area contributed by atoms with Crippen molar-refractivity contribution in [2.75, 3.05) is 5.75 Å². The average Bonchev–Trinajstić information content (AvgIpc) is 2.47. The highest BCUT2D eigenvalue weighted by Crippen LogP contribution is 2.26. The summed E-state index contributed by atoms with van der Waals surface area (Å²) in [4.78, 5) is 14.4. The van der Waals surface area contributed by atoms with Gasteiger partial charge in [0.15, 0.2) is 0 Å². The first-order chi connectivity index (χ1) is 9.74. The van der Waals surface area contributed by atoms with E-state index in [0.717, 1.165) is 4.90 Å². The highest BCUT2D eigenvalue weighted by atomic mass is 32.2. The maximum absolute atomic E-state index is 12.0. The molecule has 0 radical (unpaired) electrons. The molecule has 0 saturated heterocycles. The molecule has 0 N–H and O–H groups in total. The largest absolute Gasteiger partial charge is 0.299 e. The van der Waals surface area contributed by atoms with Gasteiger partial charge in [-0.05, 0) is 24.3 Å². The molecular formula is C17H18OS2. The zero-order valence-corrected chi connectivity index (χ0v) is 13.1. The lowest BCUT2D eigenvalue weighted by atomic mass is 10.2. The van der Waals surface area contributed by atoms with Crippen LogP contribution in [-0.4, -0.2) is 16.8 Å². The third kappa shape index (κ3) is 5.43. The molecule has 2 rings (SSSR count). The number of hydrogen-bond acceptors (Lipinski definition) is 3. The summed E-state index contributed by atoms with van der Waals surface area (Å²) in [5.41, 5.74) is 0. The van der Waals surface area contributed by atoms with Crippen LogP contribution in [0.1, 0.15) is 13.3 Å². The van der Waals surface area contributed by atoms with Crippen molar-refractivity contribution in [3.63, 3.8) is 0 Å². The average molecular weight is 302 g/mol. The standard InChI is InChI=1S/C17H18OS2/c1-14(20-17-10-6-3-7-11-17)12-15(18)13-19-16-8-4-2-5-9-16/h2-11,14H,12-13H2,1H3. The molecule has 1 unspecified atom stereocenters. The van der Waals surface area contributed by atoms with E-state index >= 15 is 0 Å². The van der Waals surface area contributed by atoms with Crippen LogP contribution in [0, 0.1) is 0 Å². The number of ketones is 1. The van der Waals surface area contributed by atoms with Crippen LogP contribution in [0.15, 0.2) is 70.5 Å². The first-order valence-corrected chi connectivity index (χ1v) is 8.52. The number of carbonyl (C=O) groups excluding carboxylic acids is 1. The maximum atomic E-state index is 12.0. The fraction of sp³-hybridized carbons (Fsp3) is 0.235. The third-order valence-electron chi connectivity index (χ3n) is 2.74. The lowest BCUT2D eigenvalue weighted by molar-refractivity contribution is -0.116. The van der Waals surface area contributed by atoms with Gasteiger partial charge in [-0.2, -0.15) is 0 Å². The van der Waals surface area contributed by atoms with Crippen LogP contribution >= 0.6 is 23.5 Å². The smallest absolute Gasteiger partial charge is 0.144 e. The minimum Gasteiger partial charge on any atom is -0.299 e. The Morgan fingerprint density at radius 3 is 2.10 bits per heavy atom. The van der Waals surface area contributed by atoms with Crippen molar-refractivity contribution in [3.8, 4) is 0 Å². The summed E-state index contributed by atoms with van der Waals surface area (Å²) < 4.78 is 0. The summed E-state index contributed by atoms with van der Waals surface area (Å²) in [6.07, 6.45) is 0.624. The summed E-state index contributed by atoms with van der Waals surface area (Å²) in [5.74, 6) is 0.874. The molecule has 0 amide bonds. The number of benzene rings is 2. The predicted molar refractivity (Wildman–Crippen MR) is 88.6 cm³/mol. The van der Waals surface area contributed by atoms with Gasteiger partial charge in [-0.25, -0.2) is 0 Å². The van der Waals surface area contributed by atoms with Gasteiger partial charge in [0.25, 0.3) is 0 Å². The molecule has 1 atom stereocenters. The van der Waals surface area contributed by atoms with Crippen LogP contribution in [-0.2, 0) is 4.79 Å². The topological polar surface area (TPSA) is 17.1 Å². The van der Waals surface area contributed by atoms with Crippen molar-refractivity contribution in [2.45, 2.75) is 28.4 Å². The van der Waals surface area contributed by atoms with E-state index in [1.54, 1.807) is 23.5 Å². The van der Waals surface area contributed by atoms with Gasteiger partial charge in [-0.15, -0.1) is 23.5 Å². The molecule has 0 aliphatic heterocycles. The normalized spacial score (nSPS) is 12.1. The molecule has 0 aliphatic carbocycles. The van der Waals surface area contributed by atoms with Crippen LogP contribution in [0.3, 0.4) is 0 Å². The number of carbonyl (C=O) groups is 1. The number of hydrogen-bond donors (Lipinski definition) is 0. The molecule has 20 heavy (non-hydrogen) atoms. The summed E-state index contributed by atoms with van der Waals surface area (Å²) in [7, 11) is 0. The Morgan fingerprint density at radius 1 is 0.950 bits per heavy atom. The van der Waals surface area contributed by atoms with E-state index in [-0.39, 0.29) is 0 Å². The number of Topliss-reactive ketones (excluding diaryl/α,β-unsaturated/α-hetero) is 1. The third-order valence-corrected chi connectivity index (χ3v) is 4.92. The van der Waals surface area contributed by atoms with Gasteiger partial charge in [0.05, 0.1) is 5.75 Å². The van der Waals surface area contributed by atoms with Crippen molar-refractivity contribution < 1.29 is 4.79 Å². The first-order valence-electron chi connectivity index (χ1n) is 6.65. The second kappa shape index (κ2) is 8.18. The Hall–Kier alpha value is -1.19. The SMILES string of the molecule is CC(CC(=O)CSc1ccccc1)Sc1ccccc1. The molecular weight excluding hydrogens is 284 g/mol. The van der Waals surface area contributed by atoms with E-state index in [2.05, 4.69) is 19.1 Å². The molecule has 3 heteroatoms. The van der Waals surface area contributed by atoms with Crippen molar-refractivity contribution in [3.05, 3.63) is 60.7 Å². The summed E-state index contributed by atoms with van der Waals surface area (Å²) in [5, 5.41) is 0.321. The molecule has 0 heterocycles. The first kappa shape index (κ1) is 15.2. The fourth-order valence-corrected chi connectivity index (χ4v) is 3.68. The van der Waals surface area contributed by atoms with Gasteiger partial charge in [-0.1, -0.05) is 43.3 Å². The summed E-state index contributed by atoms with van der Waals surface area (Å²) in [6, 6.07) is 20.3. The lowest BCUT2D eigenvalue weighted by Gasteiger charge is -2.10. The molecule has 2 aromatic carbocycles. The summed E-state index contributed by atoms with van der Waals surface area (Å²) >= 11 is 3.38. The minimum absolute atomic E-state index is 0.315. The van der Waals surface area contributed by atoms with Gasteiger partial charge in [0.1, 0.15) is 5.78 Å². The van der Waals surface area contributed by atoms with Crippen LogP contribution in [0.25, 0.3) is 0 Å². The van der Waals surface area contributed by atoms with E-state index in [9.17, 15) is 4.79 Å². The van der Waals surface area contributed by atoms with Crippen molar-refractivity contribution in [2.24, 2.45) is 0 Å². The Morgan fingerprint density at radius 2 is 1.50 bits per heavy atom. The number of thioether (sulfide) groups is 2. The fourth-order valence-electron chi connectivity index (χ4n) is 1.83. The zero-order chi connectivity index (χ0) is 14.2. The Kier molecular flexibility index (Phi) is 6.22. The molecule has 2 aromatic rings. The number of rotatable bonds is 7. The van der Waals surface area contributed by atoms with Crippen molar-refractivity contribution in [1.82, 2.24) is 0 Å². The van der Waals surface area contributed by atoms with E-state index in [4.69, 9.17) is 0 Å². The quantitative estimate of drug-likeness (QED) is 0.676. The van der Waals surface area contributed by atoms with Crippen LogP contribution in [0.4, 0.5) is 0 Å². The Labute approximate surface area is 129 Å². The van der Waals surface area contributed by atoms with Gasteiger partial charge >= 0.3 is 0 Å². The van der Waals surface area contributed by atoms with Crippen molar-refractivity contribution >= 4 is 29.3 Å². The van der Waals surface area contributed by atoms with Gasteiger partial charge in [0, 0.05) is 21.5 Å². The van der Waals surface area contributed by atoms with E-state index in [1.165, 1.54) is 4.90 Å². The zero-order valence-electron chi connectivity index (χ0n) is 11.5. The highest BCUT2D eigenvalue weighted by Gasteiger charge is 2.10. The van der Waals surface area contributed by atoms with Crippen LogP contribution in [0.5, 0.6) is 0 Å².